The van der Waals surface area contributed by atoms with E-state index in [9.17, 15) is 36.9 Å². The summed E-state index contributed by atoms with van der Waals surface area (Å²) < 4.78 is 90.9. The number of esters is 1. The van der Waals surface area contributed by atoms with Gasteiger partial charge in [-0.25, -0.2) is 13.2 Å². The van der Waals surface area contributed by atoms with E-state index >= 15 is 0 Å². The fourth-order valence-corrected chi connectivity index (χ4v) is 6.74. The highest BCUT2D eigenvalue weighted by Crippen LogP contribution is 2.37. The summed E-state index contributed by atoms with van der Waals surface area (Å²) in [4.78, 5) is 25.0. The zero-order valence-electron chi connectivity index (χ0n) is 33.8. The van der Waals surface area contributed by atoms with Crippen LogP contribution in [-0.4, -0.2) is 44.8 Å². The Morgan fingerprint density at radius 1 is 0.730 bits per heavy atom. The summed E-state index contributed by atoms with van der Waals surface area (Å²) in [5, 5.41) is 19.4. The maximum absolute atomic E-state index is 14.2. The van der Waals surface area contributed by atoms with Gasteiger partial charge in [0.1, 0.15) is 17.2 Å². The van der Waals surface area contributed by atoms with Crippen LogP contribution < -0.4 is 19.1 Å². The van der Waals surface area contributed by atoms with Crippen LogP contribution >= 0.6 is 11.6 Å². The molecule has 0 aromatic heterocycles. The van der Waals surface area contributed by atoms with E-state index in [1.807, 2.05) is 71.6 Å². The molecule has 0 atom stereocenters. The van der Waals surface area contributed by atoms with Crippen molar-refractivity contribution >= 4 is 40.3 Å². The standard InChI is InChI=1S/C46H38ClF5N4O7/c1-60-34-18-9-28(10-19-34)36-7-3-6-30(40(36)29-11-20-35(61-2)21-12-29)27-62-25-5-24-55(23-4-8-39(57)63-46-44(51)42(49)41(48)43(50)45(46)52)32-15-13-31(14-16-32)53-54-38-22-17-33(56(58)59)26-37(38)47/h3,6-7,9-22,26H,4-5,8,23-25,27H2,1-2H3. The van der Waals surface area contributed by atoms with Crippen LogP contribution in [0.1, 0.15) is 24.8 Å². The molecule has 0 saturated heterocycles. The lowest BCUT2D eigenvalue weighted by Gasteiger charge is -2.25. The van der Waals surface area contributed by atoms with Gasteiger partial charge in [0.05, 0.1) is 36.5 Å². The van der Waals surface area contributed by atoms with Crippen LogP contribution in [0.4, 0.5) is 44.7 Å². The van der Waals surface area contributed by atoms with E-state index in [2.05, 4.69) is 15.0 Å². The molecule has 6 rings (SSSR count). The highest BCUT2D eigenvalue weighted by Gasteiger charge is 2.28. The molecule has 63 heavy (non-hydrogen) atoms. The number of azo groups is 1. The number of ether oxygens (including phenoxy) is 4. The maximum Gasteiger partial charge on any atom is 0.311 e. The van der Waals surface area contributed by atoms with Gasteiger partial charge in [0.2, 0.25) is 34.8 Å². The second-order valence-corrected chi connectivity index (χ2v) is 14.2. The number of carbonyl (C=O) groups excluding carboxylic acids is 1. The van der Waals surface area contributed by atoms with Gasteiger partial charge in [-0.1, -0.05) is 54.1 Å². The molecule has 0 heterocycles. The molecule has 0 spiro atoms. The van der Waals surface area contributed by atoms with Gasteiger partial charge in [-0.3, -0.25) is 14.9 Å². The first-order chi connectivity index (χ1) is 30.4. The molecule has 0 amide bonds. The van der Waals surface area contributed by atoms with Gasteiger partial charge in [0, 0.05) is 43.9 Å². The van der Waals surface area contributed by atoms with Gasteiger partial charge in [-0.15, -0.1) is 5.11 Å². The van der Waals surface area contributed by atoms with Crippen molar-refractivity contribution in [2.75, 3.05) is 38.8 Å². The topological polar surface area (TPSA) is 125 Å². The summed E-state index contributed by atoms with van der Waals surface area (Å²) in [5.41, 5.74) is 5.99. The number of nitrogens with zero attached hydrogens (tertiary/aromatic N) is 4. The number of hydrogen-bond donors (Lipinski definition) is 0. The van der Waals surface area contributed by atoms with Gasteiger partial charge in [-0.2, -0.15) is 13.9 Å². The third kappa shape index (κ3) is 11.3. The molecule has 0 bridgehead atoms. The molecule has 0 unspecified atom stereocenters. The molecule has 6 aromatic carbocycles. The fourth-order valence-electron chi connectivity index (χ4n) is 6.53. The largest absolute Gasteiger partial charge is 0.497 e. The smallest absolute Gasteiger partial charge is 0.311 e. The maximum atomic E-state index is 14.2. The Kier molecular flexibility index (Phi) is 15.4. The summed E-state index contributed by atoms with van der Waals surface area (Å²) in [5.74, 6) is -12.8. The second kappa shape index (κ2) is 21.3. The van der Waals surface area contributed by atoms with Gasteiger partial charge in [0.15, 0.2) is 0 Å². The van der Waals surface area contributed by atoms with Crippen LogP contribution in [0.25, 0.3) is 22.3 Å². The van der Waals surface area contributed by atoms with Gasteiger partial charge in [-0.05, 0) is 95.3 Å². The monoisotopic (exact) mass is 888 g/mol. The number of halogens is 6. The lowest BCUT2D eigenvalue weighted by molar-refractivity contribution is -0.384. The van der Waals surface area contributed by atoms with Crippen molar-refractivity contribution in [2.24, 2.45) is 10.2 Å². The van der Waals surface area contributed by atoms with Crippen molar-refractivity contribution in [1.29, 1.82) is 0 Å². The van der Waals surface area contributed by atoms with Crippen molar-refractivity contribution in [3.63, 3.8) is 0 Å². The minimum atomic E-state index is -2.37. The fraction of sp³-hybridized carbons (Fsp3) is 0.196. The molecule has 11 nitrogen and oxygen atoms in total. The molecule has 326 valence electrons. The number of anilines is 1. The summed E-state index contributed by atoms with van der Waals surface area (Å²) in [6, 6.07) is 32.1. The zero-order valence-corrected chi connectivity index (χ0v) is 34.5. The van der Waals surface area contributed by atoms with Crippen LogP contribution in [-0.2, 0) is 16.1 Å². The van der Waals surface area contributed by atoms with E-state index in [0.29, 0.717) is 36.7 Å². The number of carbonyl (C=O) groups is 1. The van der Waals surface area contributed by atoms with E-state index in [1.165, 1.54) is 18.2 Å². The predicted octanol–water partition coefficient (Wildman–Crippen LogP) is 12.5. The first-order valence-corrected chi connectivity index (χ1v) is 19.7. The first-order valence-electron chi connectivity index (χ1n) is 19.3. The summed E-state index contributed by atoms with van der Waals surface area (Å²) in [7, 11) is 3.21. The van der Waals surface area contributed by atoms with Gasteiger partial charge < -0.3 is 23.8 Å². The molecular formula is C46H38ClF5N4O7. The lowest BCUT2D eigenvalue weighted by Crippen LogP contribution is -2.27. The zero-order chi connectivity index (χ0) is 45.0. The number of benzene rings is 6. The molecule has 0 N–H and O–H groups in total. The molecule has 0 radical (unpaired) electrons. The molecule has 0 fully saturated rings. The number of nitro groups is 1. The Hall–Kier alpha value is -6.91. The average Bonchev–Trinajstić information content (AvgIpc) is 3.30. The van der Waals surface area contributed by atoms with Crippen LogP contribution in [0.2, 0.25) is 5.02 Å². The molecule has 6 aromatic rings. The van der Waals surface area contributed by atoms with E-state index in [1.54, 1.807) is 38.5 Å². The summed E-state index contributed by atoms with van der Waals surface area (Å²) >= 11 is 6.15. The highest BCUT2D eigenvalue weighted by molar-refractivity contribution is 6.33. The lowest BCUT2D eigenvalue weighted by atomic mass is 9.90. The van der Waals surface area contributed by atoms with Crippen molar-refractivity contribution in [3.05, 3.63) is 159 Å². The third-order valence-electron chi connectivity index (χ3n) is 9.73. The normalized spacial score (nSPS) is 11.2. The molecule has 0 saturated carbocycles. The van der Waals surface area contributed by atoms with Gasteiger partial charge in [0.25, 0.3) is 5.69 Å². The Bertz CT molecular complexity index is 2570. The quantitative estimate of drug-likeness (QED) is 0.00906. The Balaban J connectivity index is 1.15. The van der Waals surface area contributed by atoms with Gasteiger partial charge >= 0.3 is 5.97 Å². The van der Waals surface area contributed by atoms with E-state index < -0.39 is 52.1 Å². The highest BCUT2D eigenvalue weighted by atomic mass is 35.5. The molecule has 0 aliphatic carbocycles. The van der Waals surface area contributed by atoms with E-state index in [4.69, 9.17) is 25.8 Å². The average molecular weight is 889 g/mol. The van der Waals surface area contributed by atoms with Crippen molar-refractivity contribution in [3.8, 4) is 39.5 Å². The van der Waals surface area contributed by atoms with Crippen molar-refractivity contribution in [2.45, 2.75) is 25.9 Å². The van der Waals surface area contributed by atoms with E-state index in [0.717, 1.165) is 33.6 Å². The molecule has 17 heteroatoms. The Morgan fingerprint density at radius 2 is 1.33 bits per heavy atom. The Labute approximate surface area is 363 Å². The third-order valence-corrected chi connectivity index (χ3v) is 10.0. The minimum absolute atomic E-state index is 0.0403. The second-order valence-electron chi connectivity index (χ2n) is 13.8. The summed E-state index contributed by atoms with van der Waals surface area (Å²) in [6.45, 7) is 1.20. The number of rotatable bonds is 19. The number of methoxy groups -OCH3 is 2. The van der Waals surface area contributed by atoms with E-state index in [-0.39, 0.29) is 36.0 Å². The van der Waals surface area contributed by atoms with Crippen molar-refractivity contribution in [1.82, 2.24) is 0 Å². The SMILES string of the molecule is COc1ccc(-c2cccc(COCCCN(CCCC(=O)Oc3c(F)c(F)c(F)c(F)c3F)c3ccc(N=Nc4ccc([N+](=O)[O-])cc4Cl)cc3)c2-c2ccc(OC)cc2)cc1. The molecule has 0 aliphatic heterocycles. The van der Waals surface area contributed by atoms with Crippen LogP contribution in [0.3, 0.4) is 0 Å². The Morgan fingerprint density at radius 3 is 1.94 bits per heavy atom. The van der Waals surface area contributed by atoms with Crippen LogP contribution in [0, 0.1) is 39.2 Å². The first kappa shape index (κ1) is 45.6. The van der Waals surface area contributed by atoms with Crippen LogP contribution in [0.15, 0.2) is 119 Å². The molecule has 0 aliphatic rings. The predicted molar refractivity (Wildman–Crippen MR) is 227 cm³/mol. The van der Waals surface area contributed by atoms with Crippen LogP contribution in [0.5, 0.6) is 17.2 Å². The number of non-ortho nitro benzene ring substituents is 1. The number of nitro benzene ring substituents is 1. The van der Waals surface area contributed by atoms with Crippen molar-refractivity contribution < 1.29 is 50.6 Å². The molecular weight excluding hydrogens is 851 g/mol. The summed E-state index contributed by atoms with van der Waals surface area (Å²) in [6.07, 6.45) is 0.150. The number of hydrogen-bond acceptors (Lipinski definition) is 10. The minimum Gasteiger partial charge on any atom is -0.497 e.